The lowest BCUT2D eigenvalue weighted by Gasteiger charge is -2.48. The van der Waals surface area contributed by atoms with E-state index in [9.17, 15) is 47.5 Å². The van der Waals surface area contributed by atoms with E-state index in [1.165, 1.54) is 78.7 Å². The summed E-state index contributed by atoms with van der Waals surface area (Å²) in [7, 11) is -3.51. The molecule has 2 aliphatic rings. The number of nitrogens with zero attached hydrogens (tertiary/aromatic N) is 1. The lowest BCUT2D eigenvalue weighted by Crippen LogP contribution is -2.59. The van der Waals surface area contributed by atoms with Crippen LogP contribution >= 0.6 is 0 Å². The zero-order valence-corrected chi connectivity index (χ0v) is 28.5. The summed E-state index contributed by atoms with van der Waals surface area (Å²) in [6, 6.07) is 20.3. The number of hydrogen-bond acceptors (Lipinski definition) is 11. The highest BCUT2D eigenvalue weighted by atomic mass is 32.2. The van der Waals surface area contributed by atoms with E-state index in [4.69, 9.17) is 13.7 Å². The zero-order chi connectivity index (χ0) is 37.3. The van der Waals surface area contributed by atoms with Gasteiger partial charge in [-0.25, -0.2) is 8.78 Å². The average Bonchev–Trinajstić information content (AvgIpc) is 3.11. The monoisotopic (exact) mass is 741 g/mol. The first-order valence-electron chi connectivity index (χ1n) is 16.4. The molecule has 2 fully saturated rings. The molecule has 2 heterocycles. The van der Waals surface area contributed by atoms with Gasteiger partial charge in [0.2, 0.25) is 5.91 Å². The van der Waals surface area contributed by atoms with Crippen LogP contribution in [-0.4, -0.2) is 83.4 Å². The lowest BCUT2D eigenvalue weighted by molar-refractivity contribution is -0.285. The highest BCUT2D eigenvalue weighted by Gasteiger charge is 2.50. The molecule has 0 aliphatic carbocycles. The summed E-state index contributed by atoms with van der Waals surface area (Å²) in [5.41, 5.74) is 1.91. The number of halogens is 2. The Hall–Kier alpha value is -4.48. The molecule has 4 aromatic rings. The van der Waals surface area contributed by atoms with Gasteiger partial charge in [-0.1, -0.05) is 36.4 Å². The van der Waals surface area contributed by atoms with Crippen molar-refractivity contribution in [3.63, 3.8) is 0 Å². The van der Waals surface area contributed by atoms with E-state index in [1.807, 2.05) is 0 Å². The van der Waals surface area contributed by atoms with Crippen molar-refractivity contribution in [2.75, 3.05) is 17.8 Å². The largest absolute Gasteiger partial charge is 0.508 e. The van der Waals surface area contributed by atoms with Gasteiger partial charge in [0.05, 0.1) is 18.1 Å². The molecule has 276 valence electrons. The zero-order valence-electron chi connectivity index (χ0n) is 27.7. The molecule has 0 radical (unpaired) electrons. The van der Waals surface area contributed by atoms with E-state index >= 15 is 0 Å². The summed E-state index contributed by atoms with van der Waals surface area (Å²) in [4.78, 5) is 15.1. The summed E-state index contributed by atoms with van der Waals surface area (Å²) in [6.45, 7) is 0. The van der Waals surface area contributed by atoms with Crippen LogP contribution in [0.25, 0.3) is 11.1 Å². The normalized spacial score (nSPS) is 25.4. The molecule has 0 aromatic heterocycles. The van der Waals surface area contributed by atoms with Crippen LogP contribution in [0.4, 0.5) is 14.5 Å². The minimum absolute atomic E-state index is 0.0552. The van der Waals surface area contributed by atoms with E-state index < -0.39 is 76.3 Å². The van der Waals surface area contributed by atoms with Gasteiger partial charge in [0.25, 0.3) is 0 Å². The van der Waals surface area contributed by atoms with Crippen molar-refractivity contribution in [1.29, 1.82) is 0 Å². The Morgan fingerprint density at radius 3 is 2.17 bits per heavy atom. The van der Waals surface area contributed by atoms with Gasteiger partial charge >= 0.3 is 10.1 Å². The van der Waals surface area contributed by atoms with Gasteiger partial charge in [0, 0.05) is 18.4 Å². The average molecular weight is 742 g/mol. The Kier molecular flexibility index (Phi) is 10.9. The van der Waals surface area contributed by atoms with Crippen molar-refractivity contribution in [3.8, 4) is 22.6 Å². The van der Waals surface area contributed by atoms with Crippen LogP contribution in [0.3, 0.4) is 0 Å². The molecule has 0 saturated carbocycles. The van der Waals surface area contributed by atoms with E-state index in [-0.39, 0.29) is 35.8 Å². The minimum atomic E-state index is -4.68. The van der Waals surface area contributed by atoms with Crippen molar-refractivity contribution in [2.24, 2.45) is 5.92 Å². The Balaban J connectivity index is 1.38. The molecule has 8 unspecified atom stereocenters. The molecule has 0 spiro atoms. The number of aliphatic hydroxyl groups is 4. The Labute approximate surface area is 298 Å². The van der Waals surface area contributed by atoms with E-state index in [0.29, 0.717) is 22.4 Å². The number of ether oxygens (including phenoxy) is 2. The number of methoxy groups -OCH3 is 1. The van der Waals surface area contributed by atoms with Crippen LogP contribution in [0.5, 0.6) is 11.5 Å². The van der Waals surface area contributed by atoms with E-state index in [0.717, 1.165) is 0 Å². The molecule has 2 saturated heterocycles. The topological polar surface area (TPSA) is 183 Å². The second kappa shape index (κ2) is 15.2. The quantitative estimate of drug-likeness (QED) is 0.105. The number of anilines is 1. The number of benzene rings is 4. The highest BCUT2D eigenvalue weighted by Crippen LogP contribution is 2.49. The summed E-state index contributed by atoms with van der Waals surface area (Å²) in [5, 5.41) is 52.0. The predicted molar refractivity (Wildman–Crippen MR) is 182 cm³/mol. The highest BCUT2D eigenvalue weighted by molar-refractivity contribution is 7.87. The number of amides is 1. The fourth-order valence-corrected chi connectivity index (χ4v) is 7.77. The first kappa shape index (κ1) is 37.3. The van der Waals surface area contributed by atoms with Crippen molar-refractivity contribution in [3.05, 3.63) is 114 Å². The molecule has 4 aromatic carbocycles. The van der Waals surface area contributed by atoms with Gasteiger partial charge in [0.1, 0.15) is 53.3 Å². The van der Waals surface area contributed by atoms with Crippen LogP contribution in [0.2, 0.25) is 0 Å². The van der Waals surface area contributed by atoms with Crippen molar-refractivity contribution in [1.82, 2.24) is 0 Å². The van der Waals surface area contributed by atoms with Crippen molar-refractivity contribution >= 4 is 21.7 Å². The maximum Gasteiger partial charge on any atom is 0.311 e. The van der Waals surface area contributed by atoms with Crippen molar-refractivity contribution < 1.29 is 61.2 Å². The van der Waals surface area contributed by atoms with Gasteiger partial charge in [-0.2, -0.15) is 8.42 Å². The molecule has 0 bridgehead atoms. The first-order chi connectivity index (χ1) is 24.8. The van der Waals surface area contributed by atoms with Crippen LogP contribution in [0.15, 0.2) is 91.0 Å². The van der Waals surface area contributed by atoms with Gasteiger partial charge in [-0.3, -0.25) is 4.79 Å². The molecule has 1 amide bonds. The van der Waals surface area contributed by atoms with E-state index in [2.05, 4.69) is 0 Å². The molecular formula is C37H37F2NO11S. The summed E-state index contributed by atoms with van der Waals surface area (Å²) in [6.07, 6.45) is -9.15. The van der Waals surface area contributed by atoms with Gasteiger partial charge in [-0.05, 0) is 84.1 Å². The summed E-state index contributed by atoms with van der Waals surface area (Å²) < 4.78 is 71.0. The van der Waals surface area contributed by atoms with Crippen LogP contribution in [0.1, 0.15) is 36.1 Å². The maximum absolute atomic E-state index is 13.9. The molecular weight excluding hydrogens is 704 g/mol. The smallest absolute Gasteiger partial charge is 0.311 e. The molecule has 6 rings (SSSR count). The Morgan fingerprint density at radius 1 is 0.865 bits per heavy atom. The summed E-state index contributed by atoms with van der Waals surface area (Å²) >= 11 is 0. The number of aliphatic hydroxyl groups excluding tert-OH is 4. The van der Waals surface area contributed by atoms with Gasteiger partial charge in [0.15, 0.2) is 6.29 Å². The molecule has 52 heavy (non-hydrogen) atoms. The number of hydrogen-bond donors (Lipinski definition) is 5. The lowest BCUT2D eigenvalue weighted by atomic mass is 9.77. The first-order valence-corrected chi connectivity index (χ1v) is 17.9. The van der Waals surface area contributed by atoms with Crippen LogP contribution in [0, 0.1) is 17.6 Å². The number of phenolic OH excluding ortho intramolecular Hbond substituents is 1. The number of phenols is 1. The standard InChI is InChI=1S/C37H37F2NO11S/c1-49-37-35(45)34(44)33(43)31(50-37)19-52(47,48)51-30-18-22(21-3-2-4-26(41)17-21)7-14-27(30)32-28(15-16-29(42)20-5-8-23(38)9-6-20)36(46)40(32)25-12-10-24(39)11-13-25/h2-14,17-18,28-29,31-35,37,41-45H,15-16,19H2,1H3. The second-order valence-electron chi connectivity index (χ2n) is 12.7. The molecule has 12 nitrogen and oxygen atoms in total. The number of rotatable bonds is 12. The molecule has 2 aliphatic heterocycles. The van der Waals surface area contributed by atoms with Crippen LogP contribution in [-0.2, 0) is 24.4 Å². The number of aromatic hydroxyl groups is 1. The van der Waals surface area contributed by atoms with E-state index in [1.54, 1.807) is 24.3 Å². The Bertz CT molecular complexity index is 2000. The molecule has 15 heteroatoms. The fourth-order valence-electron chi connectivity index (χ4n) is 6.60. The van der Waals surface area contributed by atoms with Crippen molar-refractivity contribution in [2.45, 2.75) is 55.7 Å². The summed E-state index contributed by atoms with van der Waals surface area (Å²) in [5.74, 6) is -3.48. The third kappa shape index (κ3) is 7.80. The number of carbonyl (C=O) groups excluding carboxylic acids is 1. The predicted octanol–water partition coefficient (Wildman–Crippen LogP) is 3.72. The van der Waals surface area contributed by atoms with Gasteiger partial charge in [-0.15, -0.1) is 0 Å². The third-order valence-electron chi connectivity index (χ3n) is 9.32. The second-order valence-corrected chi connectivity index (χ2v) is 14.4. The Morgan fingerprint density at radius 2 is 1.52 bits per heavy atom. The minimum Gasteiger partial charge on any atom is -0.508 e. The number of carbonyl (C=O) groups is 1. The third-order valence-corrected chi connectivity index (χ3v) is 10.5. The SMILES string of the molecule is COC1OC(CS(=O)(=O)Oc2cc(-c3cccc(O)c3)ccc2C2C(CCC(O)c3ccc(F)cc3)C(=O)N2c2ccc(F)cc2)C(O)C(O)C1O. The molecule has 8 atom stereocenters. The van der Waals surface area contributed by atoms with Crippen LogP contribution < -0.4 is 9.08 Å². The fraction of sp³-hybridized carbons (Fsp3) is 0.324. The molecule has 5 N–H and O–H groups in total. The maximum atomic E-state index is 13.9. The van der Waals surface area contributed by atoms with Gasteiger partial charge < -0.3 is 44.1 Å². The number of β-lactam (4-membered cyclic amide) rings is 1.